The summed E-state index contributed by atoms with van der Waals surface area (Å²) in [4.78, 5) is 17.9. The number of carbonyl (C=O) groups is 1. The summed E-state index contributed by atoms with van der Waals surface area (Å²) in [6.45, 7) is 0.0682. The monoisotopic (exact) mass is 410 g/mol. The number of benzene rings is 2. The van der Waals surface area contributed by atoms with Crippen molar-refractivity contribution in [3.63, 3.8) is 0 Å². The van der Waals surface area contributed by atoms with Crippen molar-refractivity contribution < 1.29 is 17.9 Å². The molecule has 0 saturated heterocycles. The maximum Gasteiger partial charge on any atom is 0.256 e. The summed E-state index contributed by atoms with van der Waals surface area (Å²) in [7, 11) is -3.09. The lowest BCUT2D eigenvalue weighted by Gasteiger charge is -2.13. The summed E-state index contributed by atoms with van der Waals surface area (Å²) in [6, 6.07) is 14.7. The number of sulfone groups is 1. The van der Waals surface area contributed by atoms with Crippen molar-refractivity contribution in [3.05, 3.63) is 65.4 Å². The Balaban J connectivity index is 1.59. The van der Waals surface area contributed by atoms with Crippen LogP contribution in [0.2, 0.25) is 0 Å². The van der Waals surface area contributed by atoms with E-state index in [0.29, 0.717) is 17.0 Å². The Morgan fingerprint density at radius 1 is 1.14 bits per heavy atom. The van der Waals surface area contributed by atoms with Gasteiger partial charge >= 0.3 is 0 Å². The number of hydrogen-bond donors (Lipinski definition) is 1. The first-order valence-electron chi connectivity index (χ1n) is 9.53. The van der Waals surface area contributed by atoms with Crippen molar-refractivity contribution in [2.24, 2.45) is 0 Å². The quantitative estimate of drug-likeness (QED) is 0.673. The van der Waals surface area contributed by atoms with E-state index in [0.717, 1.165) is 41.4 Å². The summed E-state index contributed by atoms with van der Waals surface area (Å²) >= 11 is 0. The first-order valence-corrected chi connectivity index (χ1v) is 11.6. The highest BCUT2D eigenvalue weighted by molar-refractivity contribution is 7.90. The first-order chi connectivity index (χ1) is 13.9. The molecule has 7 heteroatoms. The Morgan fingerprint density at radius 3 is 2.79 bits per heavy atom. The highest BCUT2D eigenvalue weighted by Crippen LogP contribution is 2.30. The number of rotatable bonds is 6. The lowest BCUT2D eigenvalue weighted by atomic mass is 10.0. The smallest absolute Gasteiger partial charge is 0.256 e. The average molecular weight is 410 g/mol. The number of ether oxygens (including phenoxy) is 1. The summed E-state index contributed by atoms with van der Waals surface area (Å²) in [5, 5.41) is 3.82. The lowest BCUT2D eigenvalue weighted by Crippen LogP contribution is -2.16. The maximum absolute atomic E-state index is 13.2. The van der Waals surface area contributed by atoms with Crippen LogP contribution in [-0.4, -0.2) is 37.9 Å². The van der Waals surface area contributed by atoms with E-state index in [2.05, 4.69) is 5.32 Å². The number of nitrogens with one attached hydrogen (secondary N) is 1. The highest BCUT2D eigenvalue weighted by atomic mass is 32.2. The molecule has 2 aromatic carbocycles. The highest BCUT2D eigenvalue weighted by Gasteiger charge is 2.23. The molecule has 29 heavy (non-hydrogen) atoms. The van der Waals surface area contributed by atoms with Gasteiger partial charge in [-0.2, -0.15) is 0 Å². The molecule has 1 amide bonds. The van der Waals surface area contributed by atoms with Crippen LogP contribution >= 0.6 is 0 Å². The van der Waals surface area contributed by atoms with E-state index in [1.54, 1.807) is 24.3 Å². The third-order valence-electron chi connectivity index (χ3n) is 4.96. The van der Waals surface area contributed by atoms with Gasteiger partial charge < -0.3 is 10.1 Å². The Bertz CT molecular complexity index is 1190. The van der Waals surface area contributed by atoms with Crippen LogP contribution in [0.1, 0.15) is 28.0 Å². The molecule has 6 nitrogen and oxygen atoms in total. The maximum atomic E-state index is 13.2. The van der Waals surface area contributed by atoms with Gasteiger partial charge in [-0.15, -0.1) is 0 Å². The molecule has 0 radical (unpaired) electrons. The van der Waals surface area contributed by atoms with Crippen LogP contribution < -0.4 is 10.1 Å². The average Bonchev–Trinajstić information content (AvgIpc) is 3.13. The van der Waals surface area contributed by atoms with Gasteiger partial charge in [0.05, 0.1) is 16.8 Å². The largest absolute Gasteiger partial charge is 0.492 e. The standard InChI is InChI=1S/C22H22N2O4S/c1-29(26,27)13-12-28-16-7-4-6-15(14-16)23-22(25)21-17-8-2-3-10-19(17)24-20-11-5-9-18(20)21/h2-4,6-8,10,14H,5,9,11-13H2,1H3,(H,23,25). The number of carbonyl (C=O) groups excluding carboxylic acids is 1. The topological polar surface area (TPSA) is 85.4 Å². The van der Waals surface area contributed by atoms with Crippen molar-refractivity contribution in [2.75, 3.05) is 23.9 Å². The molecular weight excluding hydrogens is 388 g/mol. The van der Waals surface area contributed by atoms with Gasteiger partial charge in [0.2, 0.25) is 0 Å². The third kappa shape index (κ3) is 4.40. The summed E-state index contributed by atoms with van der Waals surface area (Å²) in [5.41, 5.74) is 4.15. The molecule has 0 atom stereocenters. The molecule has 0 spiro atoms. The molecule has 1 aromatic heterocycles. The predicted molar refractivity (Wildman–Crippen MR) is 113 cm³/mol. The fraction of sp³-hybridized carbons (Fsp3) is 0.273. The van der Waals surface area contributed by atoms with E-state index < -0.39 is 9.84 Å². The molecule has 1 aliphatic rings. The molecule has 0 fully saturated rings. The van der Waals surface area contributed by atoms with E-state index in [4.69, 9.17) is 9.72 Å². The van der Waals surface area contributed by atoms with Gasteiger partial charge in [0.15, 0.2) is 9.84 Å². The normalized spacial score (nSPS) is 13.3. The fourth-order valence-electron chi connectivity index (χ4n) is 3.64. The van der Waals surface area contributed by atoms with Gasteiger partial charge in [-0.1, -0.05) is 24.3 Å². The molecule has 4 rings (SSSR count). The Kier molecular flexibility index (Phi) is 5.24. The van der Waals surface area contributed by atoms with Crippen LogP contribution in [0.25, 0.3) is 10.9 Å². The number of aryl methyl sites for hydroxylation is 1. The number of amides is 1. The zero-order chi connectivity index (χ0) is 20.4. The van der Waals surface area contributed by atoms with Crippen LogP contribution in [0.3, 0.4) is 0 Å². The van der Waals surface area contributed by atoms with Gasteiger partial charge in [-0.3, -0.25) is 9.78 Å². The van der Waals surface area contributed by atoms with Gasteiger partial charge in [-0.25, -0.2) is 8.42 Å². The second kappa shape index (κ2) is 7.83. The Hall–Kier alpha value is -2.93. The van der Waals surface area contributed by atoms with Gasteiger partial charge in [-0.05, 0) is 43.0 Å². The van der Waals surface area contributed by atoms with Gasteiger partial charge in [0.1, 0.15) is 12.4 Å². The zero-order valence-electron chi connectivity index (χ0n) is 16.1. The summed E-state index contributed by atoms with van der Waals surface area (Å²) in [5.74, 6) is 0.282. The van der Waals surface area contributed by atoms with E-state index >= 15 is 0 Å². The summed E-state index contributed by atoms with van der Waals surface area (Å²) in [6.07, 6.45) is 3.92. The minimum absolute atomic E-state index is 0.0568. The second-order valence-corrected chi connectivity index (χ2v) is 9.50. The number of pyridine rings is 1. The molecular formula is C22H22N2O4S. The van der Waals surface area contributed by atoms with Crippen LogP contribution in [-0.2, 0) is 22.7 Å². The number of aromatic nitrogens is 1. The van der Waals surface area contributed by atoms with Crippen LogP contribution in [0.4, 0.5) is 5.69 Å². The Labute approximate surface area is 169 Å². The molecule has 0 unspecified atom stereocenters. The van der Waals surface area contributed by atoms with Crippen molar-refractivity contribution in [3.8, 4) is 5.75 Å². The molecule has 0 bridgehead atoms. The number of anilines is 1. The Morgan fingerprint density at radius 2 is 1.97 bits per heavy atom. The fourth-order valence-corrected chi connectivity index (χ4v) is 4.02. The molecule has 1 heterocycles. The second-order valence-electron chi connectivity index (χ2n) is 7.24. The minimum atomic E-state index is -3.09. The molecule has 1 N–H and O–H groups in total. The van der Waals surface area contributed by atoms with E-state index in [-0.39, 0.29) is 18.3 Å². The molecule has 0 aliphatic heterocycles. The number of nitrogens with zero attached hydrogens (tertiary/aromatic N) is 1. The summed E-state index contributed by atoms with van der Waals surface area (Å²) < 4.78 is 28.0. The predicted octanol–water partition coefficient (Wildman–Crippen LogP) is 3.40. The van der Waals surface area contributed by atoms with E-state index in [1.165, 1.54) is 6.26 Å². The van der Waals surface area contributed by atoms with Crippen LogP contribution in [0.5, 0.6) is 5.75 Å². The SMILES string of the molecule is CS(=O)(=O)CCOc1cccc(NC(=O)c2c3c(nc4ccccc24)CCC3)c1. The van der Waals surface area contributed by atoms with Gasteiger partial charge in [0.25, 0.3) is 5.91 Å². The minimum Gasteiger partial charge on any atom is -0.492 e. The van der Waals surface area contributed by atoms with E-state index in [1.807, 2.05) is 24.3 Å². The number of fused-ring (bicyclic) bond motifs is 2. The van der Waals surface area contributed by atoms with Crippen molar-refractivity contribution >= 4 is 32.3 Å². The molecule has 0 saturated carbocycles. The van der Waals surface area contributed by atoms with E-state index in [9.17, 15) is 13.2 Å². The molecule has 3 aromatic rings. The lowest BCUT2D eigenvalue weighted by molar-refractivity contribution is 0.102. The van der Waals surface area contributed by atoms with Crippen LogP contribution in [0.15, 0.2) is 48.5 Å². The molecule has 150 valence electrons. The number of para-hydroxylation sites is 1. The molecule has 1 aliphatic carbocycles. The third-order valence-corrected chi connectivity index (χ3v) is 5.87. The van der Waals surface area contributed by atoms with Gasteiger partial charge in [0, 0.05) is 29.1 Å². The van der Waals surface area contributed by atoms with Crippen molar-refractivity contribution in [2.45, 2.75) is 19.3 Å². The van der Waals surface area contributed by atoms with Crippen molar-refractivity contribution in [1.82, 2.24) is 4.98 Å². The van der Waals surface area contributed by atoms with Crippen molar-refractivity contribution in [1.29, 1.82) is 0 Å². The van der Waals surface area contributed by atoms with Crippen LogP contribution in [0, 0.1) is 0 Å². The first kappa shape index (κ1) is 19.4. The number of hydrogen-bond acceptors (Lipinski definition) is 5. The zero-order valence-corrected chi connectivity index (χ0v) is 17.0.